The van der Waals surface area contributed by atoms with Crippen molar-refractivity contribution in [1.29, 1.82) is 0 Å². The number of hydrogen-bond acceptors (Lipinski definition) is 3. The van der Waals surface area contributed by atoms with Crippen LogP contribution in [0.1, 0.15) is 37.7 Å². The second kappa shape index (κ2) is 8.12. The van der Waals surface area contributed by atoms with E-state index < -0.39 is 11.9 Å². The Hall–Kier alpha value is -2.40. The Bertz CT molecular complexity index is 742. The first-order chi connectivity index (χ1) is 12.1. The van der Waals surface area contributed by atoms with Crippen molar-refractivity contribution in [3.63, 3.8) is 0 Å². The number of nitrogens with two attached hydrogens (primary N) is 1. The van der Waals surface area contributed by atoms with Gasteiger partial charge in [0.05, 0.1) is 0 Å². The highest BCUT2D eigenvalue weighted by Crippen LogP contribution is 2.27. The maximum Gasteiger partial charge on any atom is 0.412 e. The average molecular weight is 342 g/mol. The second-order valence-electron chi connectivity index (χ2n) is 6.45. The van der Waals surface area contributed by atoms with Crippen LogP contribution in [0.25, 0.3) is 11.1 Å². The number of carbonyl (C=O) groups excluding carboxylic acids is 1. The molecule has 0 heterocycles. The summed E-state index contributed by atoms with van der Waals surface area (Å²) >= 11 is 0. The first kappa shape index (κ1) is 17.4. The van der Waals surface area contributed by atoms with E-state index in [1.807, 2.05) is 24.3 Å². The van der Waals surface area contributed by atoms with Gasteiger partial charge in [-0.1, -0.05) is 37.5 Å². The minimum Gasteiger partial charge on any atom is -0.410 e. The van der Waals surface area contributed by atoms with Crippen LogP contribution in [0, 0.1) is 5.82 Å². The molecule has 3 N–H and O–H groups in total. The molecule has 0 unspecified atom stereocenters. The molecule has 1 fully saturated rings. The number of ether oxygens (including phenoxy) is 1. The third kappa shape index (κ3) is 4.79. The van der Waals surface area contributed by atoms with Crippen LogP contribution in [0.4, 0.5) is 9.18 Å². The quantitative estimate of drug-likeness (QED) is 0.867. The fourth-order valence-electron chi connectivity index (χ4n) is 3.22. The number of amides is 1. The minimum atomic E-state index is -0.529. The lowest BCUT2D eigenvalue weighted by Gasteiger charge is -2.22. The minimum absolute atomic E-state index is 0.149. The van der Waals surface area contributed by atoms with Gasteiger partial charge in [0.25, 0.3) is 0 Å². The lowest BCUT2D eigenvalue weighted by atomic mass is 9.96. The molecule has 0 spiro atoms. The highest BCUT2D eigenvalue weighted by atomic mass is 19.1. The number of rotatable bonds is 4. The van der Waals surface area contributed by atoms with E-state index in [0.29, 0.717) is 12.1 Å². The largest absolute Gasteiger partial charge is 0.412 e. The summed E-state index contributed by atoms with van der Waals surface area (Å²) in [5.74, 6) is -0.252. The molecule has 5 heteroatoms. The lowest BCUT2D eigenvalue weighted by Crippen LogP contribution is -2.38. The normalized spacial score (nSPS) is 15.0. The molecule has 132 valence electrons. The van der Waals surface area contributed by atoms with Crippen LogP contribution in [0.5, 0.6) is 5.75 Å². The molecule has 25 heavy (non-hydrogen) atoms. The topological polar surface area (TPSA) is 64.3 Å². The van der Waals surface area contributed by atoms with Crippen molar-refractivity contribution in [3.05, 3.63) is 53.8 Å². The molecule has 1 amide bonds. The Morgan fingerprint density at radius 1 is 1.12 bits per heavy atom. The Morgan fingerprint density at radius 2 is 1.92 bits per heavy atom. The monoisotopic (exact) mass is 342 g/mol. The van der Waals surface area contributed by atoms with Gasteiger partial charge in [0, 0.05) is 18.7 Å². The van der Waals surface area contributed by atoms with Crippen LogP contribution in [0.3, 0.4) is 0 Å². The van der Waals surface area contributed by atoms with Crippen LogP contribution in [0.2, 0.25) is 0 Å². The zero-order valence-corrected chi connectivity index (χ0v) is 14.1. The van der Waals surface area contributed by atoms with Crippen LogP contribution in [-0.4, -0.2) is 12.1 Å². The summed E-state index contributed by atoms with van der Waals surface area (Å²) in [4.78, 5) is 12.1. The van der Waals surface area contributed by atoms with Crippen molar-refractivity contribution in [2.24, 2.45) is 5.73 Å². The molecular formula is C20H23FN2O2. The van der Waals surface area contributed by atoms with Crippen LogP contribution < -0.4 is 15.8 Å². The average Bonchev–Trinajstić information content (AvgIpc) is 2.62. The van der Waals surface area contributed by atoms with Crippen LogP contribution in [-0.2, 0) is 6.54 Å². The molecular weight excluding hydrogens is 319 g/mol. The number of carbonyl (C=O) groups is 1. The summed E-state index contributed by atoms with van der Waals surface area (Å²) < 4.78 is 19.3. The summed E-state index contributed by atoms with van der Waals surface area (Å²) in [5, 5.41) is 2.86. The number of benzene rings is 2. The standard InChI is InChI=1S/C20H23FN2O2/c21-17-10-16(15-6-4-5-14(9-15)13-22)11-19(12-17)25-20(24)23-18-7-2-1-3-8-18/h4-6,9-12,18H,1-3,7-8,13,22H2,(H,23,24). The SMILES string of the molecule is NCc1cccc(-c2cc(F)cc(OC(=O)NC3CCCCC3)c2)c1. The van der Waals surface area contributed by atoms with Crippen molar-refractivity contribution < 1.29 is 13.9 Å². The summed E-state index contributed by atoms with van der Waals surface area (Å²) in [6.07, 6.45) is 4.85. The van der Waals surface area contributed by atoms with E-state index in [0.717, 1.165) is 36.8 Å². The fourth-order valence-corrected chi connectivity index (χ4v) is 3.22. The van der Waals surface area contributed by atoms with E-state index in [-0.39, 0.29) is 11.8 Å². The van der Waals surface area contributed by atoms with Crippen LogP contribution in [0.15, 0.2) is 42.5 Å². The van der Waals surface area contributed by atoms with Gasteiger partial charge in [-0.25, -0.2) is 9.18 Å². The molecule has 0 bridgehead atoms. The smallest absolute Gasteiger partial charge is 0.410 e. The number of halogens is 1. The van der Waals surface area contributed by atoms with E-state index in [1.165, 1.54) is 18.6 Å². The van der Waals surface area contributed by atoms with E-state index >= 15 is 0 Å². The molecule has 0 saturated heterocycles. The van der Waals surface area contributed by atoms with Gasteiger partial charge in [-0.05, 0) is 47.7 Å². The number of nitrogens with one attached hydrogen (secondary N) is 1. The van der Waals surface area contributed by atoms with Gasteiger partial charge in [0.1, 0.15) is 11.6 Å². The van der Waals surface area contributed by atoms with Crippen LogP contribution >= 0.6 is 0 Å². The van der Waals surface area contributed by atoms with Crippen molar-refractivity contribution in [2.45, 2.75) is 44.7 Å². The van der Waals surface area contributed by atoms with E-state index in [4.69, 9.17) is 10.5 Å². The highest BCUT2D eigenvalue weighted by molar-refractivity contribution is 5.72. The Morgan fingerprint density at radius 3 is 2.68 bits per heavy atom. The maximum absolute atomic E-state index is 14.0. The Kier molecular flexibility index (Phi) is 5.66. The molecule has 3 rings (SSSR count). The Balaban J connectivity index is 1.73. The van der Waals surface area contributed by atoms with Crippen molar-refractivity contribution >= 4 is 6.09 Å². The summed E-state index contributed by atoms with van der Waals surface area (Å²) in [7, 11) is 0. The zero-order chi connectivity index (χ0) is 17.6. The van der Waals surface area contributed by atoms with Gasteiger partial charge in [-0.3, -0.25) is 0 Å². The molecule has 4 nitrogen and oxygen atoms in total. The molecule has 1 aliphatic carbocycles. The van der Waals surface area contributed by atoms with Crippen molar-refractivity contribution in [1.82, 2.24) is 5.32 Å². The maximum atomic E-state index is 14.0. The van der Waals surface area contributed by atoms with Crippen molar-refractivity contribution in [3.8, 4) is 16.9 Å². The third-order valence-electron chi connectivity index (χ3n) is 4.51. The van der Waals surface area contributed by atoms with Gasteiger partial charge in [0.2, 0.25) is 0 Å². The van der Waals surface area contributed by atoms with Gasteiger partial charge >= 0.3 is 6.09 Å². The van der Waals surface area contributed by atoms with Gasteiger partial charge in [-0.2, -0.15) is 0 Å². The Labute approximate surface area is 147 Å². The molecule has 0 aliphatic heterocycles. The molecule has 2 aromatic rings. The van der Waals surface area contributed by atoms with E-state index in [9.17, 15) is 9.18 Å². The fraction of sp³-hybridized carbons (Fsp3) is 0.350. The molecule has 0 aromatic heterocycles. The van der Waals surface area contributed by atoms with Gasteiger partial charge in [0.15, 0.2) is 0 Å². The predicted octanol–water partition coefficient (Wildman–Crippen LogP) is 4.37. The second-order valence-corrected chi connectivity index (χ2v) is 6.45. The molecule has 1 aliphatic rings. The summed E-state index contributed by atoms with van der Waals surface area (Å²) in [6.45, 7) is 0.413. The molecule has 0 atom stereocenters. The van der Waals surface area contributed by atoms with Crippen molar-refractivity contribution in [2.75, 3.05) is 0 Å². The van der Waals surface area contributed by atoms with E-state index in [1.54, 1.807) is 6.07 Å². The molecule has 0 radical (unpaired) electrons. The summed E-state index contributed by atoms with van der Waals surface area (Å²) in [6, 6.07) is 12.0. The molecule has 1 saturated carbocycles. The number of hydrogen-bond donors (Lipinski definition) is 2. The lowest BCUT2D eigenvalue weighted by molar-refractivity contribution is 0.192. The van der Waals surface area contributed by atoms with Gasteiger partial charge < -0.3 is 15.8 Å². The van der Waals surface area contributed by atoms with Gasteiger partial charge in [-0.15, -0.1) is 0 Å². The highest BCUT2D eigenvalue weighted by Gasteiger charge is 2.17. The first-order valence-corrected chi connectivity index (χ1v) is 8.72. The molecule has 2 aromatic carbocycles. The third-order valence-corrected chi connectivity index (χ3v) is 4.51. The van der Waals surface area contributed by atoms with E-state index in [2.05, 4.69) is 5.32 Å². The first-order valence-electron chi connectivity index (χ1n) is 8.72. The summed E-state index contributed by atoms with van der Waals surface area (Å²) in [5.41, 5.74) is 8.10. The predicted molar refractivity (Wildman–Crippen MR) is 95.8 cm³/mol. The zero-order valence-electron chi connectivity index (χ0n) is 14.1.